The Kier molecular flexibility index (Phi) is 7.97. The highest BCUT2D eigenvalue weighted by Crippen LogP contribution is 2.50. The zero-order valence-electron chi connectivity index (χ0n) is 20.5. The van der Waals surface area contributed by atoms with Crippen molar-refractivity contribution in [1.29, 1.82) is 0 Å². The third-order valence-corrected chi connectivity index (χ3v) is 11.2. The molecule has 0 saturated heterocycles. The molecule has 0 aliphatic heterocycles. The maximum Gasteiger partial charge on any atom is 0.162 e. The summed E-state index contributed by atoms with van der Waals surface area (Å²) in [6.07, 6.45) is 12.7. The van der Waals surface area contributed by atoms with E-state index in [1.165, 1.54) is 77.0 Å². The SMILES string of the molecule is FC1CC(C2CCC(C3CCC(C4CCC(C5CCCC5)CC4)CC3)CC2F)CC(F)C1F. The Labute approximate surface area is 199 Å². The summed E-state index contributed by atoms with van der Waals surface area (Å²) in [5, 5.41) is 0. The molecule has 33 heavy (non-hydrogen) atoms. The summed E-state index contributed by atoms with van der Waals surface area (Å²) >= 11 is 0. The molecule has 5 fully saturated rings. The molecule has 5 atom stereocenters. The lowest BCUT2D eigenvalue weighted by Crippen LogP contribution is -2.43. The molecule has 0 amide bonds. The van der Waals surface area contributed by atoms with Gasteiger partial charge in [-0.3, -0.25) is 0 Å². The van der Waals surface area contributed by atoms with E-state index in [9.17, 15) is 13.2 Å². The van der Waals surface area contributed by atoms with E-state index in [1.54, 1.807) is 0 Å². The number of rotatable bonds is 4. The molecular weight excluding hydrogens is 424 g/mol. The van der Waals surface area contributed by atoms with E-state index in [1.807, 2.05) is 0 Å². The lowest BCUT2D eigenvalue weighted by atomic mass is 9.62. The Bertz CT molecular complexity index is 591. The molecule has 0 heterocycles. The second kappa shape index (κ2) is 10.8. The van der Waals surface area contributed by atoms with Crippen LogP contribution in [0.15, 0.2) is 0 Å². The van der Waals surface area contributed by atoms with Crippen molar-refractivity contribution in [2.45, 2.75) is 134 Å². The van der Waals surface area contributed by atoms with Crippen molar-refractivity contribution in [1.82, 2.24) is 0 Å². The summed E-state index contributed by atoms with van der Waals surface area (Å²) < 4.78 is 56.5. The molecule has 0 aromatic carbocycles. The molecule has 0 bridgehead atoms. The van der Waals surface area contributed by atoms with Crippen LogP contribution in [0, 0.1) is 47.3 Å². The smallest absolute Gasteiger partial charge is 0.162 e. The van der Waals surface area contributed by atoms with Crippen molar-refractivity contribution in [3.8, 4) is 0 Å². The summed E-state index contributed by atoms with van der Waals surface area (Å²) in [6.45, 7) is 0. The average molecular weight is 471 g/mol. The maximum atomic E-state index is 15.2. The molecule has 0 nitrogen and oxygen atoms in total. The fraction of sp³-hybridized carbons (Fsp3) is 1.00. The van der Waals surface area contributed by atoms with Gasteiger partial charge in [0.15, 0.2) is 6.17 Å². The van der Waals surface area contributed by atoms with Crippen molar-refractivity contribution >= 4 is 0 Å². The van der Waals surface area contributed by atoms with Gasteiger partial charge in [-0.15, -0.1) is 0 Å². The van der Waals surface area contributed by atoms with Crippen molar-refractivity contribution in [3.63, 3.8) is 0 Å². The van der Waals surface area contributed by atoms with Gasteiger partial charge in [0.1, 0.15) is 18.5 Å². The first-order valence-electron chi connectivity index (χ1n) is 14.6. The number of hydrogen-bond acceptors (Lipinski definition) is 0. The van der Waals surface area contributed by atoms with Crippen molar-refractivity contribution in [2.24, 2.45) is 47.3 Å². The third-order valence-electron chi connectivity index (χ3n) is 11.2. The zero-order chi connectivity index (χ0) is 22.9. The number of alkyl halides is 4. The molecule has 5 aliphatic rings. The lowest BCUT2D eigenvalue weighted by molar-refractivity contribution is -0.0293. The van der Waals surface area contributed by atoms with E-state index >= 15 is 4.39 Å². The van der Waals surface area contributed by atoms with Crippen LogP contribution < -0.4 is 0 Å². The summed E-state index contributed by atoms with van der Waals surface area (Å²) in [4.78, 5) is 0. The minimum absolute atomic E-state index is 0.00540. The van der Waals surface area contributed by atoms with Gasteiger partial charge in [-0.05, 0) is 131 Å². The van der Waals surface area contributed by atoms with Crippen molar-refractivity contribution in [3.05, 3.63) is 0 Å². The van der Waals surface area contributed by atoms with Gasteiger partial charge in [-0.2, -0.15) is 0 Å². The Morgan fingerprint density at radius 3 is 1.15 bits per heavy atom. The topological polar surface area (TPSA) is 0 Å². The Morgan fingerprint density at radius 2 is 0.697 bits per heavy atom. The predicted octanol–water partition coefficient (Wildman–Crippen LogP) is 8.97. The van der Waals surface area contributed by atoms with Crippen LogP contribution in [0.25, 0.3) is 0 Å². The molecule has 5 saturated carbocycles. The largest absolute Gasteiger partial charge is 0.247 e. The highest BCUT2D eigenvalue weighted by molar-refractivity contribution is 4.95. The van der Waals surface area contributed by atoms with Crippen molar-refractivity contribution in [2.75, 3.05) is 0 Å². The minimum Gasteiger partial charge on any atom is -0.247 e. The van der Waals surface area contributed by atoms with Gasteiger partial charge >= 0.3 is 0 Å². The van der Waals surface area contributed by atoms with Gasteiger partial charge in [-0.1, -0.05) is 25.7 Å². The molecule has 0 spiro atoms. The van der Waals surface area contributed by atoms with Gasteiger partial charge < -0.3 is 0 Å². The van der Waals surface area contributed by atoms with E-state index in [0.29, 0.717) is 18.3 Å². The first kappa shape index (κ1) is 24.4. The van der Waals surface area contributed by atoms with Crippen LogP contribution >= 0.6 is 0 Å². The maximum absolute atomic E-state index is 15.2. The molecule has 5 rings (SSSR count). The van der Waals surface area contributed by atoms with Crippen LogP contribution in [0.4, 0.5) is 17.6 Å². The number of halogens is 4. The van der Waals surface area contributed by atoms with Gasteiger partial charge in [0.2, 0.25) is 0 Å². The standard InChI is InChI=1S/C29H46F4/c30-26-15-23(13-14-25(26)24-16-27(31)29(33)28(32)17-24)22-11-9-21(10-12-22)20-7-5-19(6-8-20)18-3-1-2-4-18/h18-29H,1-17H2. The molecule has 4 heteroatoms. The average Bonchev–Trinajstić information content (AvgIpc) is 3.37. The van der Waals surface area contributed by atoms with Crippen LogP contribution in [-0.4, -0.2) is 24.7 Å². The fourth-order valence-electron chi connectivity index (χ4n) is 9.24. The van der Waals surface area contributed by atoms with Gasteiger partial charge in [-0.25, -0.2) is 17.6 Å². The molecule has 0 N–H and O–H groups in total. The second-order valence-electron chi connectivity index (χ2n) is 12.9. The van der Waals surface area contributed by atoms with Crippen LogP contribution in [0.2, 0.25) is 0 Å². The van der Waals surface area contributed by atoms with Gasteiger partial charge in [0.05, 0.1) is 0 Å². The van der Waals surface area contributed by atoms with E-state index in [4.69, 9.17) is 0 Å². The normalized spacial score (nSPS) is 50.4. The lowest BCUT2D eigenvalue weighted by Gasteiger charge is -2.44. The fourth-order valence-corrected chi connectivity index (χ4v) is 9.24. The molecule has 5 aliphatic carbocycles. The summed E-state index contributed by atoms with van der Waals surface area (Å²) in [7, 11) is 0. The molecule has 0 aromatic rings. The predicted molar refractivity (Wildman–Crippen MR) is 126 cm³/mol. The highest BCUT2D eigenvalue weighted by Gasteiger charge is 2.46. The van der Waals surface area contributed by atoms with Crippen LogP contribution in [0.1, 0.15) is 109 Å². The van der Waals surface area contributed by atoms with E-state index in [0.717, 1.165) is 36.5 Å². The quantitative estimate of drug-likeness (QED) is 0.360. The van der Waals surface area contributed by atoms with Gasteiger partial charge in [0.25, 0.3) is 0 Å². The Hall–Kier alpha value is -0.280. The monoisotopic (exact) mass is 470 g/mol. The number of hydrogen-bond donors (Lipinski definition) is 0. The van der Waals surface area contributed by atoms with Gasteiger partial charge in [0, 0.05) is 0 Å². The first-order valence-corrected chi connectivity index (χ1v) is 14.6. The summed E-state index contributed by atoms with van der Waals surface area (Å²) in [5.74, 6) is 4.35. The zero-order valence-corrected chi connectivity index (χ0v) is 20.5. The summed E-state index contributed by atoms with van der Waals surface area (Å²) in [5.41, 5.74) is 0. The molecule has 190 valence electrons. The van der Waals surface area contributed by atoms with Crippen LogP contribution in [0.5, 0.6) is 0 Å². The second-order valence-corrected chi connectivity index (χ2v) is 12.9. The first-order chi connectivity index (χ1) is 16.0. The van der Waals surface area contributed by atoms with Crippen molar-refractivity contribution < 1.29 is 17.6 Å². The highest BCUT2D eigenvalue weighted by atomic mass is 19.2. The molecule has 0 aromatic heterocycles. The molecule has 5 unspecified atom stereocenters. The van der Waals surface area contributed by atoms with Crippen LogP contribution in [0.3, 0.4) is 0 Å². The summed E-state index contributed by atoms with van der Waals surface area (Å²) in [6, 6.07) is 0. The Balaban J connectivity index is 1.05. The Morgan fingerprint density at radius 1 is 0.333 bits per heavy atom. The van der Waals surface area contributed by atoms with Crippen LogP contribution in [-0.2, 0) is 0 Å². The van der Waals surface area contributed by atoms with E-state index < -0.39 is 24.7 Å². The van der Waals surface area contributed by atoms with E-state index in [-0.39, 0.29) is 24.7 Å². The minimum atomic E-state index is -2.01. The molecular formula is C29H46F4. The third kappa shape index (κ3) is 5.45. The molecule has 0 radical (unpaired) electrons. The van der Waals surface area contributed by atoms with E-state index in [2.05, 4.69) is 0 Å².